The van der Waals surface area contributed by atoms with E-state index in [1.165, 1.54) is 19.2 Å². The molecule has 0 aliphatic rings. The molecular formula is C16H15ClFNO2. The first-order valence-corrected chi connectivity index (χ1v) is 6.76. The number of amides is 1. The van der Waals surface area contributed by atoms with Gasteiger partial charge in [0.15, 0.2) is 0 Å². The molecule has 0 heterocycles. The highest BCUT2D eigenvalue weighted by molar-refractivity contribution is 6.31. The number of halogens is 2. The summed E-state index contributed by atoms with van der Waals surface area (Å²) in [6, 6.07) is 9.69. The number of carbonyl (C=O) groups is 1. The molecule has 2 aromatic rings. The number of ether oxygens (including phenoxy) is 1. The smallest absolute Gasteiger partial charge is 0.254 e. The first kappa shape index (κ1) is 15.3. The Labute approximate surface area is 127 Å². The third-order valence-corrected chi connectivity index (χ3v) is 3.44. The van der Waals surface area contributed by atoms with Crippen LogP contribution in [0, 0.1) is 12.7 Å². The summed E-state index contributed by atoms with van der Waals surface area (Å²) in [5.41, 5.74) is 1.42. The summed E-state index contributed by atoms with van der Waals surface area (Å²) in [6.45, 7) is 1.92. The van der Waals surface area contributed by atoms with Crippen molar-refractivity contribution in [3.63, 3.8) is 0 Å². The van der Waals surface area contributed by atoms with Gasteiger partial charge in [0.25, 0.3) is 5.91 Å². The zero-order valence-corrected chi connectivity index (χ0v) is 12.5. The van der Waals surface area contributed by atoms with E-state index in [0.29, 0.717) is 16.3 Å². The van der Waals surface area contributed by atoms with Gasteiger partial charge >= 0.3 is 0 Å². The molecule has 0 radical (unpaired) electrons. The van der Waals surface area contributed by atoms with Gasteiger partial charge in [0.1, 0.15) is 11.6 Å². The van der Waals surface area contributed by atoms with E-state index >= 15 is 0 Å². The number of rotatable bonds is 4. The lowest BCUT2D eigenvalue weighted by Crippen LogP contribution is -2.24. The van der Waals surface area contributed by atoms with Gasteiger partial charge in [-0.2, -0.15) is 0 Å². The Morgan fingerprint density at radius 2 is 2.10 bits per heavy atom. The molecule has 0 spiro atoms. The van der Waals surface area contributed by atoms with Gasteiger partial charge in [-0.05, 0) is 36.8 Å². The van der Waals surface area contributed by atoms with Crippen molar-refractivity contribution in [2.45, 2.75) is 13.5 Å². The number of hydrogen-bond donors (Lipinski definition) is 1. The highest BCUT2D eigenvalue weighted by Crippen LogP contribution is 2.26. The van der Waals surface area contributed by atoms with Crippen molar-refractivity contribution in [1.82, 2.24) is 5.32 Å². The van der Waals surface area contributed by atoms with Crippen molar-refractivity contribution < 1.29 is 13.9 Å². The van der Waals surface area contributed by atoms with Crippen LogP contribution in [-0.2, 0) is 6.54 Å². The van der Waals surface area contributed by atoms with Crippen molar-refractivity contribution >= 4 is 17.5 Å². The molecule has 0 unspecified atom stereocenters. The van der Waals surface area contributed by atoms with Gasteiger partial charge in [-0.1, -0.05) is 23.7 Å². The maximum absolute atomic E-state index is 13.7. The second-order valence-corrected chi connectivity index (χ2v) is 4.99. The fourth-order valence-corrected chi connectivity index (χ4v) is 2.20. The SMILES string of the molecule is COc1cccc(Cl)c1CNC(=O)c1ccc(C)cc1F. The molecule has 0 saturated heterocycles. The zero-order valence-electron chi connectivity index (χ0n) is 11.7. The van der Waals surface area contributed by atoms with Gasteiger partial charge in [-0.15, -0.1) is 0 Å². The normalized spacial score (nSPS) is 10.3. The first-order valence-electron chi connectivity index (χ1n) is 6.38. The third-order valence-electron chi connectivity index (χ3n) is 3.09. The summed E-state index contributed by atoms with van der Waals surface area (Å²) < 4.78 is 18.9. The third kappa shape index (κ3) is 3.52. The molecule has 21 heavy (non-hydrogen) atoms. The molecule has 5 heteroatoms. The molecule has 1 N–H and O–H groups in total. The molecule has 2 aromatic carbocycles. The highest BCUT2D eigenvalue weighted by atomic mass is 35.5. The molecule has 110 valence electrons. The molecule has 0 aromatic heterocycles. The molecule has 0 saturated carbocycles. The average molecular weight is 308 g/mol. The van der Waals surface area contributed by atoms with E-state index in [1.54, 1.807) is 31.2 Å². The molecule has 0 atom stereocenters. The highest BCUT2D eigenvalue weighted by Gasteiger charge is 2.13. The second kappa shape index (κ2) is 6.59. The fraction of sp³-hybridized carbons (Fsp3) is 0.188. The van der Waals surface area contributed by atoms with E-state index in [-0.39, 0.29) is 12.1 Å². The van der Waals surface area contributed by atoms with Crippen LogP contribution in [0.3, 0.4) is 0 Å². The molecule has 0 bridgehead atoms. The predicted octanol–water partition coefficient (Wildman–Crippen LogP) is 3.73. The Bertz CT molecular complexity index is 673. The molecule has 0 aliphatic carbocycles. The van der Waals surface area contributed by atoms with E-state index in [0.717, 1.165) is 5.56 Å². The monoisotopic (exact) mass is 307 g/mol. The Hall–Kier alpha value is -2.07. The standard InChI is InChI=1S/C16H15ClFNO2/c1-10-6-7-11(14(18)8-10)16(20)19-9-12-13(17)4-3-5-15(12)21-2/h3-8H,9H2,1-2H3,(H,19,20). The van der Waals surface area contributed by atoms with E-state index < -0.39 is 11.7 Å². The lowest BCUT2D eigenvalue weighted by molar-refractivity contribution is 0.0946. The van der Waals surface area contributed by atoms with E-state index in [9.17, 15) is 9.18 Å². The van der Waals surface area contributed by atoms with Crippen LogP contribution in [0.5, 0.6) is 5.75 Å². The lowest BCUT2D eigenvalue weighted by Gasteiger charge is -2.12. The van der Waals surface area contributed by atoms with Crippen LogP contribution >= 0.6 is 11.6 Å². The van der Waals surface area contributed by atoms with Crippen LogP contribution in [0.15, 0.2) is 36.4 Å². The topological polar surface area (TPSA) is 38.3 Å². The predicted molar refractivity (Wildman–Crippen MR) is 80.3 cm³/mol. The zero-order chi connectivity index (χ0) is 15.4. The van der Waals surface area contributed by atoms with Crippen LogP contribution in [0.25, 0.3) is 0 Å². The van der Waals surface area contributed by atoms with Gasteiger partial charge < -0.3 is 10.1 Å². The first-order chi connectivity index (χ1) is 10.0. The van der Waals surface area contributed by atoms with Crippen LogP contribution in [0.4, 0.5) is 4.39 Å². The summed E-state index contributed by atoms with van der Waals surface area (Å²) in [4.78, 5) is 12.0. The minimum atomic E-state index is -0.543. The van der Waals surface area contributed by atoms with Crippen molar-refractivity contribution in [3.8, 4) is 5.75 Å². The second-order valence-electron chi connectivity index (χ2n) is 4.59. The summed E-state index contributed by atoms with van der Waals surface area (Å²) in [6.07, 6.45) is 0. The van der Waals surface area contributed by atoms with Crippen molar-refractivity contribution in [2.24, 2.45) is 0 Å². The summed E-state index contributed by atoms with van der Waals surface area (Å²) in [7, 11) is 1.52. The van der Waals surface area contributed by atoms with Gasteiger partial charge in [0.2, 0.25) is 0 Å². The van der Waals surface area contributed by atoms with Crippen molar-refractivity contribution in [3.05, 3.63) is 63.9 Å². The maximum Gasteiger partial charge on any atom is 0.254 e. The largest absolute Gasteiger partial charge is 0.496 e. The molecule has 3 nitrogen and oxygen atoms in total. The number of methoxy groups -OCH3 is 1. The Morgan fingerprint density at radius 1 is 1.33 bits per heavy atom. The molecule has 1 amide bonds. The van der Waals surface area contributed by atoms with Gasteiger partial charge in [-0.25, -0.2) is 4.39 Å². The van der Waals surface area contributed by atoms with Crippen LogP contribution in [0.1, 0.15) is 21.5 Å². The van der Waals surface area contributed by atoms with Crippen molar-refractivity contribution in [1.29, 1.82) is 0 Å². The Morgan fingerprint density at radius 3 is 2.76 bits per heavy atom. The summed E-state index contributed by atoms with van der Waals surface area (Å²) in [5.74, 6) is -0.458. The Balaban J connectivity index is 2.15. The van der Waals surface area contributed by atoms with Crippen LogP contribution in [0.2, 0.25) is 5.02 Å². The summed E-state index contributed by atoms with van der Waals surface area (Å²) >= 11 is 6.08. The minimum Gasteiger partial charge on any atom is -0.496 e. The van der Waals surface area contributed by atoms with Gasteiger partial charge in [0, 0.05) is 17.1 Å². The summed E-state index contributed by atoms with van der Waals surface area (Å²) in [5, 5.41) is 3.13. The number of nitrogens with one attached hydrogen (secondary N) is 1. The van der Waals surface area contributed by atoms with E-state index in [4.69, 9.17) is 16.3 Å². The Kier molecular flexibility index (Phi) is 4.81. The molecular weight excluding hydrogens is 293 g/mol. The van der Waals surface area contributed by atoms with Crippen molar-refractivity contribution in [2.75, 3.05) is 7.11 Å². The number of aryl methyl sites for hydroxylation is 1. The maximum atomic E-state index is 13.7. The van der Waals surface area contributed by atoms with Gasteiger partial charge in [0.05, 0.1) is 12.7 Å². The van der Waals surface area contributed by atoms with Crippen LogP contribution in [-0.4, -0.2) is 13.0 Å². The fourth-order valence-electron chi connectivity index (χ4n) is 1.97. The number of carbonyl (C=O) groups excluding carboxylic acids is 1. The average Bonchev–Trinajstić information content (AvgIpc) is 2.45. The number of hydrogen-bond acceptors (Lipinski definition) is 2. The van der Waals surface area contributed by atoms with Crippen LogP contribution < -0.4 is 10.1 Å². The molecule has 0 aliphatic heterocycles. The molecule has 0 fully saturated rings. The lowest BCUT2D eigenvalue weighted by atomic mass is 10.1. The number of benzene rings is 2. The quantitative estimate of drug-likeness (QED) is 0.934. The molecule has 2 rings (SSSR count). The minimum absolute atomic E-state index is 0.00613. The van der Waals surface area contributed by atoms with Gasteiger partial charge in [-0.3, -0.25) is 4.79 Å². The van der Waals surface area contributed by atoms with E-state index in [1.807, 2.05) is 0 Å². The van der Waals surface area contributed by atoms with E-state index in [2.05, 4.69) is 5.32 Å².